The number of aliphatic imine (C=N–C) groups is 1. The van der Waals surface area contributed by atoms with E-state index >= 15 is 0 Å². The second-order valence-corrected chi connectivity index (χ2v) is 6.54. The van der Waals surface area contributed by atoms with Gasteiger partial charge in [-0.05, 0) is 37.5 Å². The molecule has 0 aromatic heterocycles. The van der Waals surface area contributed by atoms with E-state index in [1.165, 1.54) is 25.7 Å². The van der Waals surface area contributed by atoms with Gasteiger partial charge < -0.3 is 15.5 Å². The molecule has 0 heterocycles. The van der Waals surface area contributed by atoms with Gasteiger partial charge in [0.25, 0.3) is 0 Å². The van der Waals surface area contributed by atoms with Crippen molar-refractivity contribution in [3.05, 3.63) is 0 Å². The first-order chi connectivity index (χ1) is 9.93. The molecule has 0 spiro atoms. The van der Waals surface area contributed by atoms with Crippen molar-refractivity contribution in [2.75, 3.05) is 27.7 Å². The summed E-state index contributed by atoms with van der Waals surface area (Å²) >= 11 is 0. The lowest BCUT2D eigenvalue weighted by atomic mass is 9.80. The number of guanidine groups is 1. The van der Waals surface area contributed by atoms with Crippen LogP contribution in [-0.2, 0) is 4.79 Å². The van der Waals surface area contributed by atoms with E-state index in [2.05, 4.69) is 29.5 Å². The molecule has 6 heteroatoms. The van der Waals surface area contributed by atoms with E-state index in [1.54, 1.807) is 26.0 Å². The standard InChI is InChI=1S/C16H32N4O.HI/c1-12(2)13-6-8-14(9-7-13)19-16(17-3)18-11-10-15(21)20(4)5;/h12-14H,6-11H2,1-5H3,(H2,17,18,19);1H. The summed E-state index contributed by atoms with van der Waals surface area (Å²) in [5.74, 6) is 2.61. The van der Waals surface area contributed by atoms with Crippen molar-refractivity contribution in [1.29, 1.82) is 0 Å². The van der Waals surface area contributed by atoms with Gasteiger partial charge in [-0.3, -0.25) is 9.79 Å². The van der Waals surface area contributed by atoms with E-state index in [0.29, 0.717) is 19.0 Å². The smallest absolute Gasteiger partial charge is 0.223 e. The molecule has 1 rings (SSSR count). The molecule has 0 aromatic rings. The van der Waals surface area contributed by atoms with E-state index < -0.39 is 0 Å². The zero-order valence-corrected chi connectivity index (χ0v) is 17.0. The highest BCUT2D eigenvalue weighted by atomic mass is 127. The maximum absolute atomic E-state index is 11.5. The number of rotatable bonds is 5. The molecule has 5 nitrogen and oxygen atoms in total. The van der Waals surface area contributed by atoms with Crippen LogP contribution in [0.4, 0.5) is 0 Å². The molecule has 0 atom stereocenters. The molecule has 1 fully saturated rings. The quantitative estimate of drug-likeness (QED) is 0.405. The van der Waals surface area contributed by atoms with Gasteiger partial charge in [-0.15, -0.1) is 24.0 Å². The lowest BCUT2D eigenvalue weighted by Gasteiger charge is -2.32. The largest absolute Gasteiger partial charge is 0.356 e. The highest BCUT2D eigenvalue weighted by molar-refractivity contribution is 14.0. The molecule has 130 valence electrons. The number of hydrogen-bond acceptors (Lipinski definition) is 2. The van der Waals surface area contributed by atoms with Crippen molar-refractivity contribution in [3.8, 4) is 0 Å². The second-order valence-electron chi connectivity index (χ2n) is 6.54. The van der Waals surface area contributed by atoms with Crippen molar-refractivity contribution < 1.29 is 4.79 Å². The summed E-state index contributed by atoms with van der Waals surface area (Å²) < 4.78 is 0. The number of nitrogens with zero attached hydrogens (tertiary/aromatic N) is 2. The van der Waals surface area contributed by atoms with Crippen molar-refractivity contribution in [3.63, 3.8) is 0 Å². The van der Waals surface area contributed by atoms with Crippen LogP contribution in [0.5, 0.6) is 0 Å². The molecule has 0 aromatic carbocycles. The first-order valence-electron chi connectivity index (χ1n) is 8.11. The summed E-state index contributed by atoms with van der Waals surface area (Å²) in [4.78, 5) is 17.4. The molecule has 1 aliphatic rings. The zero-order chi connectivity index (χ0) is 15.8. The minimum atomic E-state index is 0. The van der Waals surface area contributed by atoms with Crippen LogP contribution in [0.3, 0.4) is 0 Å². The Balaban J connectivity index is 0.00000441. The summed E-state index contributed by atoms with van der Waals surface area (Å²) in [7, 11) is 5.34. The fourth-order valence-corrected chi connectivity index (χ4v) is 2.83. The van der Waals surface area contributed by atoms with Crippen molar-refractivity contribution >= 4 is 35.8 Å². The van der Waals surface area contributed by atoms with Gasteiger partial charge in [0, 0.05) is 40.2 Å². The minimum absolute atomic E-state index is 0. The first kappa shape index (κ1) is 21.5. The summed E-state index contributed by atoms with van der Waals surface area (Å²) in [6.45, 7) is 5.26. The summed E-state index contributed by atoms with van der Waals surface area (Å²) in [5, 5.41) is 6.71. The monoisotopic (exact) mass is 424 g/mol. The van der Waals surface area contributed by atoms with Gasteiger partial charge in [-0.25, -0.2) is 0 Å². The van der Waals surface area contributed by atoms with Gasteiger partial charge in [-0.1, -0.05) is 13.8 Å². The molecule has 1 amide bonds. The fourth-order valence-electron chi connectivity index (χ4n) is 2.83. The molecule has 0 bridgehead atoms. The van der Waals surface area contributed by atoms with Crippen LogP contribution in [0.15, 0.2) is 4.99 Å². The molecule has 1 aliphatic carbocycles. The lowest BCUT2D eigenvalue weighted by Crippen LogP contribution is -2.45. The topological polar surface area (TPSA) is 56.7 Å². The third-order valence-corrected chi connectivity index (χ3v) is 4.41. The van der Waals surface area contributed by atoms with Crippen LogP contribution in [0, 0.1) is 11.8 Å². The Morgan fingerprint density at radius 2 is 1.82 bits per heavy atom. The Kier molecular flexibility index (Phi) is 10.8. The number of carbonyl (C=O) groups is 1. The number of amides is 1. The molecule has 0 aliphatic heterocycles. The Bertz CT molecular complexity index is 350. The number of hydrogen-bond donors (Lipinski definition) is 2. The van der Waals surface area contributed by atoms with E-state index in [-0.39, 0.29) is 29.9 Å². The van der Waals surface area contributed by atoms with Crippen molar-refractivity contribution in [2.45, 2.75) is 52.0 Å². The number of carbonyl (C=O) groups excluding carboxylic acids is 1. The third kappa shape index (κ3) is 7.65. The highest BCUT2D eigenvalue weighted by Gasteiger charge is 2.23. The SMILES string of the molecule is CN=C(NCCC(=O)N(C)C)NC1CCC(C(C)C)CC1.I. The van der Waals surface area contributed by atoms with Gasteiger partial charge in [-0.2, -0.15) is 0 Å². The van der Waals surface area contributed by atoms with E-state index in [0.717, 1.165) is 17.8 Å². The molecule has 0 saturated heterocycles. The van der Waals surface area contributed by atoms with Gasteiger partial charge in [0.15, 0.2) is 5.96 Å². The van der Waals surface area contributed by atoms with Crippen LogP contribution in [0.2, 0.25) is 0 Å². The molecule has 22 heavy (non-hydrogen) atoms. The normalized spacial score (nSPS) is 22.0. The third-order valence-electron chi connectivity index (χ3n) is 4.41. The number of halogens is 1. The lowest BCUT2D eigenvalue weighted by molar-refractivity contribution is -0.128. The Labute approximate surface area is 152 Å². The molecular formula is C16H33IN4O. The number of nitrogens with one attached hydrogen (secondary N) is 2. The van der Waals surface area contributed by atoms with Gasteiger partial charge in [0.2, 0.25) is 5.91 Å². The Morgan fingerprint density at radius 3 is 2.27 bits per heavy atom. The minimum Gasteiger partial charge on any atom is -0.356 e. The van der Waals surface area contributed by atoms with Crippen LogP contribution in [0.1, 0.15) is 46.0 Å². The van der Waals surface area contributed by atoms with E-state index in [1.807, 2.05) is 0 Å². The van der Waals surface area contributed by atoms with Gasteiger partial charge in [0.1, 0.15) is 0 Å². The van der Waals surface area contributed by atoms with Gasteiger partial charge in [0.05, 0.1) is 0 Å². The average molecular weight is 424 g/mol. The molecule has 0 unspecified atom stereocenters. The van der Waals surface area contributed by atoms with E-state index in [4.69, 9.17) is 0 Å². The Morgan fingerprint density at radius 1 is 1.23 bits per heavy atom. The second kappa shape index (κ2) is 11.1. The fraction of sp³-hybridized carbons (Fsp3) is 0.875. The molecular weight excluding hydrogens is 391 g/mol. The van der Waals surface area contributed by atoms with Crippen LogP contribution >= 0.6 is 24.0 Å². The van der Waals surface area contributed by atoms with Crippen LogP contribution in [-0.4, -0.2) is 50.5 Å². The molecule has 1 saturated carbocycles. The van der Waals surface area contributed by atoms with Crippen LogP contribution in [0.25, 0.3) is 0 Å². The van der Waals surface area contributed by atoms with Crippen molar-refractivity contribution in [2.24, 2.45) is 16.8 Å². The summed E-state index contributed by atoms with van der Waals surface area (Å²) in [6.07, 6.45) is 5.50. The molecule has 0 radical (unpaired) electrons. The van der Waals surface area contributed by atoms with Crippen molar-refractivity contribution in [1.82, 2.24) is 15.5 Å². The Hall–Kier alpha value is -0.530. The zero-order valence-electron chi connectivity index (χ0n) is 14.7. The maximum Gasteiger partial charge on any atom is 0.223 e. The summed E-state index contributed by atoms with van der Waals surface area (Å²) in [6, 6.07) is 0.510. The predicted molar refractivity (Wildman–Crippen MR) is 104 cm³/mol. The van der Waals surface area contributed by atoms with Gasteiger partial charge >= 0.3 is 0 Å². The predicted octanol–water partition coefficient (Wildman–Crippen LogP) is 2.46. The van der Waals surface area contributed by atoms with E-state index in [9.17, 15) is 4.79 Å². The average Bonchev–Trinajstić information content (AvgIpc) is 2.46. The maximum atomic E-state index is 11.5. The summed E-state index contributed by atoms with van der Waals surface area (Å²) in [5.41, 5.74) is 0. The first-order valence-corrected chi connectivity index (χ1v) is 8.11. The van der Waals surface area contributed by atoms with Crippen LogP contribution < -0.4 is 10.6 Å². The molecule has 2 N–H and O–H groups in total. The highest BCUT2D eigenvalue weighted by Crippen LogP contribution is 2.29.